The van der Waals surface area contributed by atoms with Crippen LogP contribution in [0.1, 0.15) is 22.6 Å². The summed E-state index contributed by atoms with van der Waals surface area (Å²) in [4.78, 5) is 2.23. The molecule has 1 nitrogen and oxygen atoms in total. The third-order valence-electron chi connectivity index (χ3n) is 7.23. The highest BCUT2D eigenvalue weighted by Gasteiger charge is 2.55. The van der Waals surface area contributed by atoms with Crippen LogP contribution >= 0.6 is 7.26 Å². The maximum absolute atomic E-state index is 2.47. The number of benzene rings is 5. The summed E-state index contributed by atoms with van der Waals surface area (Å²) >= 11 is 0. The summed E-state index contributed by atoms with van der Waals surface area (Å²) in [5.41, 5.74) is 5.43. The summed E-state index contributed by atoms with van der Waals surface area (Å²) in [5, 5.41) is 5.74. The van der Waals surface area contributed by atoms with Gasteiger partial charge in [-0.3, -0.25) is 0 Å². The van der Waals surface area contributed by atoms with E-state index < -0.39 is 7.26 Å². The third kappa shape index (κ3) is 3.42. The summed E-state index contributed by atoms with van der Waals surface area (Å²) in [7, 11) is 2.15. The van der Waals surface area contributed by atoms with Crippen LogP contribution in [0.25, 0.3) is 0 Å². The fourth-order valence-electron chi connectivity index (χ4n) is 5.69. The molecule has 0 unspecified atom stereocenters. The minimum atomic E-state index is -2.13. The summed E-state index contributed by atoms with van der Waals surface area (Å²) < 4.78 is 0. The average molecular weight is 471 g/mol. The molecular formula is C33H29NP+. The molecule has 2 heteroatoms. The van der Waals surface area contributed by atoms with Crippen molar-refractivity contribution in [1.29, 1.82) is 0 Å². The molecule has 5 aromatic rings. The van der Waals surface area contributed by atoms with Gasteiger partial charge in [0.15, 0.2) is 0 Å². The van der Waals surface area contributed by atoms with Gasteiger partial charge in [0.25, 0.3) is 0 Å². The topological polar surface area (TPSA) is 3.24 Å². The van der Waals surface area contributed by atoms with Crippen molar-refractivity contribution in [1.82, 2.24) is 0 Å². The van der Waals surface area contributed by atoms with E-state index in [0.717, 1.165) is 0 Å². The van der Waals surface area contributed by atoms with E-state index in [1.54, 1.807) is 0 Å². The molecule has 0 fully saturated rings. The van der Waals surface area contributed by atoms with Gasteiger partial charge in [-0.05, 0) is 42.0 Å². The van der Waals surface area contributed by atoms with Crippen LogP contribution in [0.15, 0.2) is 133 Å². The van der Waals surface area contributed by atoms with Gasteiger partial charge in [-0.2, -0.15) is 0 Å². The van der Waals surface area contributed by atoms with E-state index in [9.17, 15) is 0 Å². The van der Waals surface area contributed by atoms with E-state index >= 15 is 0 Å². The van der Waals surface area contributed by atoms with Gasteiger partial charge in [0.1, 0.15) is 28.5 Å². The highest BCUT2D eigenvalue weighted by molar-refractivity contribution is 8.01. The van der Waals surface area contributed by atoms with Crippen molar-refractivity contribution in [3.63, 3.8) is 0 Å². The average Bonchev–Trinajstić information content (AvgIpc) is 2.93. The van der Waals surface area contributed by atoms with Gasteiger partial charge < -0.3 is 4.90 Å². The van der Waals surface area contributed by atoms with Crippen molar-refractivity contribution in [2.45, 2.75) is 5.92 Å². The molecule has 1 aliphatic rings. The second-order valence-corrected chi connectivity index (χ2v) is 12.7. The van der Waals surface area contributed by atoms with Gasteiger partial charge in [0.05, 0.1) is 0 Å². The van der Waals surface area contributed by atoms with Crippen LogP contribution in [0.3, 0.4) is 0 Å². The molecule has 0 aliphatic carbocycles. The predicted molar refractivity (Wildman–Crippen MR) is 153 cm³/mol. The van der Waals surface area contributed by atoms with Crippen LogP contribution in [0, 0.1) is 0 Å². The number of anilines is 1. The summed E-state index contributed by atoms with van der Waals surface area (Å²) in [6, 6.07) is 49.7. The van der Waals surface area contributed by atoms with Crippen LogP contribution in [-0.4, -0.2) is 14.1 Å². The summed E-state index contributed by atoms with van der Waals surface area (Å²) in [5.74, 6) is 0.208. The van der Waals surface area contributed by atoms with Crippen molar-refractivity contribution < 1.29 is 0 Å². The first-order chi connectivity index (χ1) is 17.2. The molecule has 6 rings (SSSR count). The van der Waals surface area contributed by atoms with E-state index in [1.807, 2.05) is 0 Å². The molecule has 35 heavy (non-hydrogen) atoms. The van der Waals surface area contributed by atoms with Crippen LogP contribution in [0.2, 0.25) is 0 Å². The monoisotopic (exact) mass is 470 g/mol. The van der Waals surface area contributed by atoms with E-state index in [1.165, 1.54) is 43.6 Å². The van der Waals surface area contributed by atoms with Crippen molar-refractivity contribution in [2.75, 3.05) is 19.0 Å². The molecule has 0 amide bonds. The fraction of sp³-hybridized carbons (Fsp3) is 0.0909. The zero-order valence-corrected chi connectivity index (χ0v) is 21.1. The van der Waals surface area contributed by atoms with Crippen LogP contribution in [0.5, 0.6) is 0 Å². The molecule has 5 aromatic carbocycles. The first-order valence-electron chi connectivity index (χ1n) is 12.2. The van der Waals surface area contributed by atoms with Crippen molar-refractivity contribution in [2.24, 2.45) is 0 Å². The minimum Gasteiger partial charge on any atom is -0.378 e. The van der Waals surface area contributed by atoms with Crippen LogP contribution in [-0.2, 0) is 0 Å². The largest absolute Gasteiger partial charge is 0.378 e. The Morgan fingerprint density at radius 2 is 1.03 bits per heavy atom. The van der Waals surface area contributed by atoms with E-state index in [-0.39, 0.29) is 5.92 Å². The second kappa shape index (κ2) is 8.84. The van der Waals surface area contributed by atoms with Crippen LogP contribution in [0.4, 0.5) is 5.69 Å². The molecule has 1 atom stereocenters. The molecule has 0 radical (unpaired) electrons. The summed E-state index contributed by atoms with van der Waals surface area (Å²) in [6.45, 7) is 0. The zero-order valence-electron chi connectivity index (χ0n) is 20.2. The molecule has 1 aliphatic heterocycles. The maximum Gasteiger partial charge on any atom is 0.145 e. The van der Waals surface area contributed by atoms with Gasteiger partial charge in [0.2, 0.25) is 0 Å². The smallest absolute Gasteiger partial charge is 0.145 e. The number of hydrogen-bond donors (Lipinski definition) is 0. The summed E-state index contributed by atoms with van der Waals surface area (Å²) in [6.07, 6.45) is 0. The Morgan fingerprint density at radius 1 is 0.514 bits per heavy atom. The second-order valence-electron chi connectivity index (χ2n) is 9.38. The Balaban J connectivity index is 1.80. The first kappa shape index (κ1) is 21.8. The van der Waals surface area contributed by atoms with Crippen molar-refractivity contribution >= 4 is 34.2 Å². The van der Waals surface area contributed by atoms with Crippen molar-refractivity contribution in [3.8, 4) is 0 Å². The van der Waals surface area contributed by atoms with Gasteiger partial charge in [0, 0.05) is 42.9 Å². The number of hydrogen-bond acceptors (Lipinski definition) is 1. The molecular weight excluding hydrogens is 441 g/mol. The lowest BCUT2D eigenvalue weighted by atomic mass is 9.84. The van der Waals surface area contributed by atoms with E-state index in [4.69, 9.17) is 0 Å². The molecule has 0 saturated heterocycles. The molecule has 0 spiro atoms. The van der Waals surface area contributed by atoms with Gasteiger partial charge in [-0.15, -0.1) is 0 Å². The maximum atomic E-state index is 2.47. The Hall–Kier alpha value is -3.67. The zero-order chi connectivity index (χ0) is 23.8. The van der Waals surface area contributed by atoms with Gasteiger partial charge in [-0.1, -0.05) is 91.0 Å². The molecule has 170 valence electrons. The molecule has 1 heterocycles. The Bertz CT molecular complexity index is 1420. The third-order valence-corrected chi connectivity index (χ3v) is 11.6. The number of fused-ring (bicyclic) bond motifs is 2. The fourth-order valence-corrected chi connectivity index (χ4v) is 10.4. The normalized spacial score (nSPS) is 15.7. The Labute approximate surface area is 209 Å². The van der Waals surface area contributed by atoms with Gasteiger partial charge >= 0.3 is 0 Å². The van der Waals surface area contributed by atoms with E-state index in [2.05, 4.69) is 152 Å². The highest BCUT2D eigenvalue weighted by Crippen LogP contribution is 2.60. The van der Waals surface area contributed by atoms with E-state index in [0.29, 0.717) is 0 Å². The lowest BCUT2D eigenvalue weighted by Gasteiger charge is -2.38. The minimum absolute atomic E-state index is 0.208. The first-order valence-corrected chi connectivity index (χ1v) is 14.0. The molecule has 0 bridgehead atoms. The van der Waals surface area contributed by atoms with Crippen molar-refractivity contribution in [3.05, 3.63) is 150 Å². The predicted octanol–water partition coefficient (Wildman–Crippen LogP) is 5.87. The molecule has 0 aromatic heterocycles. The highest BCUT2D eigenvalue weighted by atomic mass is 31.2. The Morgan fingerprint density at radius 3 is 1.63 bits per heavy atom. The standard InChI is InChI=1S/C33H29NP/c1-34(2)26-22-23-30-32(24-26)35(27-16-8-4-9-17-27,28-18-10-5-11-19-28)31-21-13-12-20-29(31)33(30)25-14-6-3-7-15-25/h3-24,33H,1-2H3/q+1/t33-/m0/s1. The Kier molecular flexibility index (Phi) is 5.51. The quantitative estimate of drug-likeness (QED) is 0.292. The number of rotatable bonds is 4. The molecule has 0 N–H and O–H groups in total. The lowest BCUT2D eigenvalue weighted by Crippen LogP contribution is -2.45. The lowest BCUT2D eigenvalue weighted by molar-refractivity contribution is 0.986. The number of nitrogens with zero attached hydrogens (tertiary/aromatic N) is 1. The van der Waals surface area contributed by atoms with Crippen LogP contribution < -0.4 is 26.1 Å². The van der Waals surface area contributed by atoms with Gasteiger partial charge in [-0.25, -0.2) is 0 Å². The molecule has 0 saturated carbocycles. The SMILES string of the molecule is CN(C)c1ccc2c(c1)[P+](c1ccccc1)(c1ccccc1)c1ccccc1[C@@H]2c1ccccc1.